The molecule has 0 radical (unpaired) electrons. The minimum atomic E-state index is -2.50. The summed E-state index contributed by atoms with van der Waals surface area (Å²) < 4.78 is 31.3. The summed E-state index contributed by atoms with van der Waals surface area (Å²) in [6, 6.07) is 20.4. The number of hydrogen-bond acceptors (Lipinski definition) is 5. The first-order chi connectivity index (χ1) is 13.7. The normalized spacial score (nSPS) is 11.1. The van der Waals surface area contributed by atoms with E-state index in [0.29, 0.717) is 29.6 Å². The fourth-order valence-electron chi connectivity index (χ4n) is 2.75. The minimum Gasteiger partial charge on any atom is -0.488 e. The van der Waals surface area contributed by atoms with Crippen LogP contribution >= 0.6 is 0 Å². The highest BCUT2D eigenvalue weighted by Crippen LogP contribution is 2.19. The summed E-state index contributed by atoms with van der Waals surface area (Å²) in [5.41, 5.74) is 2.45. The van der Waals surface area contributed by atoms with Gasteiger partial charge in [-0.25, -0.2) is 8.78 Å². The third kappa shape index (κ3) is 4.06. The van der Waals surface area contributed by atoms with Gasteiger partial charge < -0.3 is 10.1 Å². The summed E-state index contributed by atoms with van der Waals surface area (Å²) in [5.74, 6) is 1.71. The van der Waals surface area contributed by atoms with E-state index in [0.717, 1.165) is 11.1 Å². The van der Waals surface area contributed by atoms with Crippen molar-refractivity contribution in [2.24, 2.45) is 0 Å². The molecule has 8 heteroatoms. The first kappa shape index (κ1) is 17.8. The number of ether oxygens (including phenoxy) is 1. The van der Waals surface area contributed by atoms with Gasteiger partial charge in [-0.05, 0) is 29.8 Å². The molecule has 0 atom stereocenters. The first-order valence-corrected chi connectivity index (χ1v) is 8.71. The molecule has 2 aromatic heterocycles. The summed E-state index contributed by atoms with van der Waals surface area (Å²) in [4.78, 5) is 0. The number of nitrogens with zero attached hydrogens (tertiary/aromatic N) is 4. The van der Waals surface area contributed by atoms with Gasteiger partial charge in [0.1, 0.15) is 18.2 Å². The van der Waals surface area contributed by atoms with E-state index in [-0.39, 0.29) is 0 Å². The van der Waals surface area contributed by atoms with Crippen LogP contribution in [0.2, 0.25) is 0 Å². The lowest BCUT2D eigenvalue weighted by atomic mass is 10.2. The van der Waals surface area contributed by atoms with Gasteiger partial charge in [0.2, 0.25) is 0 Å². The van der Waals surface area contributed by atoms with E-state index in [2.05, 4.69) is 20.6 Å². The second-order valence-corrected chi connectivity index (χ2v) is 6.08. The number of anilines is 1. The molecule has 0 saturated carbocycles. The molecule has 6 nitrogen and oxygen atoms in total. The molecule has 4 aromatic rings. The van der Waals surface area contributed by atoms with Crippen LogP contribution in [-0.4, -0.2) is 32.8 Å². The Morgan fingerprint density at radius 2 is 1.82 bits per heavy atom. The molecule has 0 unspecified atom stereocenters. The van der Waals surface area contributed by atoms with Gasteiger partial charge in [-0.15, -0.1) is 15.3 Å². The van der Waals surface area contributed by atoms with Crippen LogP contribution in [0.3, 0.4) is 0 Å². The van der Waals surface area contributed by atoms with E-state index >= 15 is 0 Å². The largest absolute Gasteiger partial charge is 0.488 e. The van der Waals surface area contributed by atoms with Gasteiger partial charge >= 0.3 is 0 Å². The molecule has 0 aliphatic heterocycles. The number of benzene rings is 2. The summed E-state index contributed by atoms with van der Waals surface area (Å²) in [6.07, 6.45) is -2.50. The van der Waals surface area contributed by atoms with Crippen molar-refractivity contribution >= 4 is 11.5 Å². The molecular weight excluding hydrogens is 364 g/mol. The minimum absolute atomic E-state index is 0.410. The molecule has 1 N–H and O–H groups in total. The number of alkyl halides is 2. The van der Waals surface area contributed by atoms with Gasteiger partial charge in [-0.2, -0.15) is 4.52 Å². The maximum Gasteiger partial charge on any atom is 0.272 e. The Morgan fingerprint density at radius 1 is 0.964 bits per heavy atom. The molecule has 2 aromatic carbocycles. The van der Waals surface area contributed by atoms with Crippen molar-refractivity contribution in [3.63, 3.8) is 0 Å². The molecule has 0 bridgehead atoms. The zero-order chi connectivity index (χ0) is 19.3. The summed E-state index contributed by atoms with van der Waals surface area (Å²) in [7, 11) is 0. The predicted molar refractivity (Wildman–Crippen MR) is 101 cm³/mol. The van der Waals surface area contributed by atoms with Crippen molar-refractivity contribution < 1.29 is 13.5 Å². The number of hydrogen-bond donors (Lipinski definition) is 1. The molecule has 0 amide bonds. The van der Waals surface area contributed by atoms with Crippen LogP contribution < -0.4 is 10.1 Å². The number of rotatable bonds is 7. The van der Waals surface area contributed by atoms with Gasteiger partial charge in [0.05, 0.1) is 0 Å². The SMILES string of the molecule is FC(F)COc1cccc(CNc2ccc3nnc(-c4ccccc4)n3n2)c1. The van der Waals surface area contributed by atoms with Crippen LogP contribution in [0.25, 0.3) is 17.0 Å². The Balaban J connectivity index is 1.50. The zero-order valence-electron chi connectivity index (χ0n) is 14.8. The van der Waals surface area contributed by atoms with E-state index in [4.69, 9.17) is 4.74 Å². The lowest BCUT2D eigenvalue weighted by Gasteiger charge is -2.09. The summed E-state index contributed by atoms with van der Waals surface area (Å²) >= 11 is 0. The summed E-state index contributed by atoms with van der Waals surface area (Å²) in [6.45, 7) is -0.155. The van der Waals surface area contributed by atoms with Gasteiger partial charge in [-0.3, -0.25) is 0 Å². The van der Waals surface area contributed by atoms with Gasteiger partial charge in [0.25, 0.3) is 6.43 Å². The van der Waals surface area contributed by atoms with E-state index in [1.165, 1.54) is 0 Å². The Kier molecular flexibility index (Phi) is 5.09. The van der Waals surface area contributed by atoms with Crippen LogP contribution in [0.15, 0.2) is 66.7 Å². The number of aromatic nitrogens is 4. The van der Waals surface area contributed by atoms with Crippen molar-refractivity contribution in [2.45, 2.75) is 13.0 Å². The molecule has 0 aliphatic carbocycles. The second-order valence-electron chi connectivity index (χ2n) is 6.08. The Hall–Kier alpha value is -3.55. The quantitative estimate of drug-likeness (QED) is 0.523. The summed E-state index contributed by atoms with van der Waals surface area (Å²) in [5, 5.41) is 16.1. The van der Waals surface area contributed by atoms with Gasteiger partial charge in [-0.1, -0.05) is 42.5 Å². The van der Waals surface area contributed by atoms with E-state index in [1.807, 2.05) is 48.5 Å². The molecule has 0 spiro atoms. The maximum atomic E-state index is 12.3. The van der Waals surface area contributed by atoms with E-state index < -0.39 is 13.0 Å². The molecule has 4 rings (SSSR count). The monoisotopic (exact) mass is 381 g/mol. The Morgan fingerprint density at radius 3 is 2.64 bits per heavy atom. The third-order valence-corrected chi connectivity index (χ3v) is 4.04. The van der Waals surface area contributed by atoms with Crippen LogP contribution in [0.4, 0.5) is 14.6 Å². The average Bonchev–Trinajstić information content (AvgIpc) is 3.15. The molecule has 0 fully saturated rings. The van der Waals surface area contributed by atoms with E-state index in [9.17, 15) is 8.78 Å². The van der Waals surface area contributed by atoms with Crippen LogP contribution in [0.5, 0.6) is 5.75 Å². The van der Waals surface area contributed by atoms with Crippen molar-refractivity contribution in [2.75, 3.05) is 11.9 Å². The fraction of sp³-hybridized carbons (Fsp3) is 0.150. The molecule has 2 heterocycles. The van der Waals surface area contributed by atoms with Gasteiger partial charge in [0, 0.05) is 12.1 Å². The Labute approximate surface area is 159 Å². The average molecular weight is 381 g/mol. The molecule has 0 aliphatic rings. The van der Waals surface area contributed by atoms with Crippen LogP contribution in [-0.2, 0) is 6.54 Å². The van der Waals surface area contributed by atoms with Gasteiger partial charge in [0.15, 0.2) is 11.5 Å². The molecule has 28 heavy (non-hydrogen) atoms. The topological polar surface area (TPSA) is 64.3 Å². The highest BCUT2D eigenvalue weighted by molar-refractivity contribution is 5.59. The second kappa shape index (κ2) is 7.99. The van der Waals surface area contributed by atoms with Crippen LogP contribution in [0, 0.1) is 0 Å². The number of fused-ring (bicyclic) bond motifs is 1. The highest BCUT2D eigenvalue weighted by atomic mass is 19.3. The Bertz CT molecular complexity index is 1070. The van der Waals surface area contributed by atoms with E-state index in [1.54, 1.807) is 22.7 Å². The molecule has 142 valence electrons. The maximum absolute atomic E-state index is 12.3. The molecular formula is C20H17F2N5O. The predicted octanol–water partition coefficient (Wildman–Crippen LogP) is 4.05. The molecule has 0 saturated heterocycles. The van der Waals surface area contributed by atoms with Crippen molar-refractivity contribution in [3.05, 3.63) is 72.3 Å². The number of halogens is 2. The lowest BCUT2D eigenvalue weighted by Crippen LogP contribution is -2.08. The van der Waals surface area contributed by atoms with Crippen molar-refractivity contribution in [1.29, 1.82) is 0 Å². The standard InChI is InChI=1S/C20H17F2N5O/c21-17(22)13-28-16-8-4-5-14(11-16)12-23-18-9-10-19-24-25-20(27(19)26-18)15-6-2-1-3-7-15/h1-11,17H,12-13H2,(H,23,26). The highest BCUT2D eigenvalue weighted by Gasteiger charge is 2.10. The fourth-order valence-corrected chi connectivity index (χ4v) is 2.75. The zero-order valence-corrected chi connectivity index (χ0v) is 14.8. The third-order valence-electron chi connectivity index (χ3n) is 4.04. The van der Waals surface area contributed by atoms with Crippen molar-refractivity contribution in [3.8, 4) is 17.1 Å². The van der Waals surface area contributed by atoms with Crippen molar-refractivity contribution in [1.82, 2.24) is 19.8 Å². The lowest BCUT2D eigenvalue weighted by molar-refractivity contribution is 0.0818. The first-order valence-electron chi connectivity index (χ1n) is 8.71. The number of nitrogens with one attached hydrogen (secondary N) is 1. The smallest absolute Gasteiger partial charge is 0.272 e. The van der Waals surface area contributed by atoms with Crippen LogP contribution in [0.1, 0.15) is 5.56 Å².